The van der Waals surface area contributed by atoms with E-state index >= 15 is 0 Å². The highest BCUT2D eigenvalue weighted by Gasteiger charge is 2.20. The molecule has 14 heavy (non-hydrogen) atoms. The van der Waals surface area contributed by atoms with Crippen molar-refractivity contribution in [2.75, 3.05) is 20.6 Å². The molecule has 1 aromatic rings. The Hall–Kier alpha value is -0.860. The predicted octanol–water partition coefficient (Wildman–Crippen LogP) is 1.78. The molecule has 0 saturated heterocycles. The van der Waals surface area contributed by atoms with Gasteiger partial charge in [0.15, 0.2) is 0 Å². The number of fused-ring (bicyclic) bond motifs is 1. The quantitative estimate of drug-likeness (QED) is 0.781. The van der Waals surface area contributed by atoms with E-state index < -0.39 is 0 Å². The second-order valence-corrected chi connectivity index (χ2v) is 4.22. The Balaban J connectivity index is 2.03. The smallest absolute Gasteiger partial charge is 0.0338 e. The minimum absolute atomic E-state index is 0.564. The molecule has 0 amide bonds. The second kappa shape index (κ2) is 4.11. The summed E-state index contributed by atoms with van der Waals surface area (Å²) in [6, 6.07) is 9.28. The predicted molar refractivity (Wildman–Crippen MR) is 59.2 cm³/mol. The average Bonchev–Trinajstić information content (AvgIpc) is 2.58. The van der Waals surface area contributed by atoms with E-state index in [9.17, 15) is 0 Å². The van der Waals surface area contributed by atoms with Crippen molar-refractivity contribution in [2.45, 2.75) is 19.0 Å². The lowest BCUT2D eigenvalue weighted by Crippen LogP contribution is -2.20. The van der Waals surface area contributed by atoms with Crippen LogP contribution in [0.2, 0.25) is 0 Å². The monoisotopic (exact) mass is 190 g/mol. The molecule has 0 fully saturated rings. The lowest BCUT2D eigenvalue weighted by Gasteiger charge is -2.15. The Morgan fingerprint density at radius 2 is 2.14 bits per heavy atom. The third-order valence-electron chi connectivity index (χ3n) is 2.83. The number of hydrogen-bond donors (Lipinski definition) is 1. The number of nitrogens with one attached hydrogen (secondary N) is 1. The van der Waals surface area contributed by atoms with Crippen LogP contribution >= 0.6 is 0 Å². The van der Waals surface area contributed by atoms with Gasteiger partial charge < -0.3 is 10.2 Å². The van der Waals surface area contributed by atoms with E-state index in [0.29, 0.717) is 6.04 Å². The van der Waals surface area contributed by atoms with Gasteiger partial charge in [-0.25, -0.2) is 0 Å². The topological polar surface area (TPSA) is 15.3 Å². The first-order chi connectivity index (χ1) is 6.77. The van der Waals surface area contributed by atoms with Gasteiger partial charge in [0.2, 0.25) is 0 Å². The Bertz CT molecular complexity index is 307. The molecule has 2 heteroatoms. The zero-order valence-corrected chi connectivity index (χ0v) is 8.96. The highest BCUT2D eigenvalue weighted by molar-refractivity contribution is 5.33. The zero-order valence-electron chi connectivity index (χ0n) is 8.96. The first kappa shape index (κ1) is 9.69. The molecule has 0 unspecified atom stereocenters. The molecule has 1 aliphatic rings. The fourth-order valence-corrected chi connectivity index (χ4v) is 2.02. The van der Waals surface area contributed by atoms with Crippen LogP contribution in [0.5, 0.6) is 0 Å². The number of nitrogens with zero attached hydrogens (tertiary/aromatic N) is 1. The fourth-order valence-electron chi connectivity index (χ4n) is 2.02. The van der Waals surface area contributed by atoms with E-state index in [4.69, 9.17) is 0 Å². The lowest BCUT2D eigenvalue weighted by atomic mass is 10.0. The van der Waals surface area contributed by atoms with Gasteiger partial charge in [-0.1, -0.05) is 24.3 Å². The second-order valence-electron chi connectivity index (χ2n) is 4.22. The Morgan fingerprint density at radius 3 is 2.93 bits per heavy atom. The maximum atomic E-state index is 3.55. The molecule has 0 spiro atoms. The minimum atomic E-state index is 0.564. The Kier molecular flexibility index (Phi) is 2.85. The van der Waals surface area contributed by atoms with Gasteiger partial charge in [-0.15, -0.1) is 0 Å². The Labute approximate surface area is 85.9 Å². The summed E-state index contributed by atoms with van der Waals surface area (Å²) in [5.41, 5.74) is 2.96. The van der Waals surface area contributed by atoms with Gasteiger partial charge in [-0.2, -0.15) is 0 Å². The van der Waals surface area contributed by atoms with Crippen molar-refractivity contribution in [1.82, 2.24) is 10.2 Å². The van der Waals surface area contributed by atoms with Crippen molar-refractivity contribution in [3.63, 3.8) is 0 Å². The summed E-state index contributed by atoms with van der Waals surface area (Å²) >= 11 is 0. The van der Waals surface area contributed by atoms with Crippen LogP contribution in [0.15, 0.2) is 24.3 Å². The van der Waals surface area contributed by atoms with E-state index in [1.54, 1.807) is 0 Å². The van der Waals surface area contributed by atoms with Crippen LogP contribution in [0.4, 0.5) is 0 Å². The third kappa shape index (κ3) is 1.97. The van der Waals surface area contributed by atoms with Crippen molar-refractivity contribution in [1.29, 1.82) is 0 Å². The van der Waals surface area contributed by atoms with E-state index in [1.807, 2.05) is 0 Å². The van der Waals surface area contributed by atoms with Gasteiger partial charge in [0.05, 0.1) is 0 Å². The van der Waals surface area contributed by atoms with Crippen LogP contribution in [0, 0.1) is 0 Å². The highest BCUT2D eigenvalue weighted by atomic mass is 15.1. The molecule has 1 atom stereocenters. The maximum Gasteiger partial charge on any atom is 0.0338 e. The fraction of sp³-hybridized carbons (Fsp3) is 0.500. The first-order valence-corrected chi connectivity index (χ1v) is 5.23. The average molecular weight is 190 g/mol. The van der Waals surface area contributed by atoms with Crippen molar-refractivity contribution in [3.8, 4) is 0 Å². The summed E-state index contributed by atoms with van der Waals surface area (Å²) in [7, 11) is 4.25. The van der Waals surface area contributed by atoms with Crippen molar-refractivity contribution in [2.24, 2.45) is 0 Å². The zero-order chi connectivity index (χ0) is 9.97. The molecular formula is C12H18N2. The maximum absolute atomic E-state index is 3.55. The standard InChI is InChI=1S/C12H18N2/c1-14(2)8-7-12-11-6-4-3-5-10(11)9-13-12/h3-6,12-13H,7-9H2,1-2H3/t12-/m0/s1. The highest BCUT2D eigenvalue weighted by Crippen LogP contribution is 2.27. The number of rotatable bonds is 3. The van der Waals surface area contributed by atoms with Crippen LogP contribution in [-0.4, -0.2) is 25.5 Å². The summed E-state index contributed by atoms with van der Waals surface area (Å²) in [6.45, 7) is 2.18. The molecule has 0 radical (unpaired) electrons. The van der Waals surface area contributed by atoms with Gasteiger partial charge in [0, 0.05) is 12.6 Å². The van der Waals surface area contributed by atoms with Crippen LogP contribution < -0.4 is 5.32 Å². The molecule has 0 saturated carbocycles. The van der Waals surface area contributed by atoms with Gasteiger partial charge in [-0.05, 0) is 38.2 Å². The molecule has 1 aromatic carbocycles. The molecule has 0 bridgehead atoms. The lowest BCUT2D eigenvalue weighted by molar-refractivity contribution is 0.368. The van der Waals surface area contributed by atoms with Gasteiger partial charge >= 0.3 is 0 Å². The Morgan fingerprint density at radius 1 is 1.36 bits per heavy atom. The molecule has 1 N–H and O–H groups in total. The van der Waals surface area contributed by atoms with Crippen LogP contribution in [0.25, 0.3) is 0 Å². The first-order valence-electron chi connectivity index (χ1n) is 5.23. The van der Waals surface area contributed by atoms with Crippen molar-refractivity contribution < 1.29 is 0 Å². The molecule has 2 nitrogen and oxygen atoms in total. The van der Waals surface area contributed by atoms with E-state index in [1.165, 1.54) is 17.5 Å². The van der Waals surface area contributed by atoms with Gasteiger partial charge in [0.25, 0.3) is 0 Å². The molecule has 1 aliphatic heterocycles. The molecule has 1 heterocycles. The molecule has 0 aliphatic carbocycles. The van der Waals surface area contributed by atoms with E-state index in [0.717, 1.165) is 13.1 Å². The van der Waals surface area contributed by atoms with Crippen molar-refractivity contribution >= 4 is 0 Å². The van der Waals surface area contributed by atoms with Crippen molar-refractivity contribution in [3.05, 3.63) is 35.4 Å². The molecule has 76 valence electrons. The molecule has 2 rings (SSSR count). The van der Waals surface area contributed by atoms with Crippen LogP contribution in [0.3, 0.4) is 0 Å². The van der Waals surface area contributed by atoms with Crippen LogP contribution in [0.1, 0.15) is 23.6 Å². The van der Waals surface area contributed by atoms with E-state index in [2.05, 4.69) is 48.6 Å². The summed E-state index contributed by atoms with van der Waals surface area (Å²) in [5, 5.41) is 3.55. The summed E-state index contributed by atoms with van der Waals surface area (Å²) < 4.78 is 0. The summed E-state index contributed by atoms with van der Waals surface area (Å²) in [4.78, 5) is 2.24. The van der Waals surface area contributed by atoms with Crippen LogP contribution in [-0.2, 0) is 6.54 Å². The number of benzene rings is 1. The molecule has 0 aromatic heterocycles. The largest absolute Gasteiger partial charge is 0.309 e. The number of hydrogen-bond acceptors (Lipinski definition) is 2. The van der Waals surface area contributed by atoms with Gasteiger partial charge in [0.1, 0.15) is 0 Å². The normalized spacial score (nSPS) is 20.1. The minimum Gasteiger partial charge on any atom is -0.309 e. The third-order valence-corrected chi connectivity index (χ3v) is 2.83. The molecular weight excluding hydrogens is 172 g/mol. The summed E-state index contributed by atoms with van der Waals surface area (Å²) in [5.74, 6) is 0. The van der Waals surface area contributed by atoms with Gasteiger partial charge in [-0.3, -0.25) is 0 Å². The van der Waals surface area contributed by atoms with E-state index in [-0.39, 0.29) is 0 Å². The SMILES string of the molecule is CN(C)CC[C@@H]1NCc2ccccc21. The summed E-state index contributed by atoms with van der Waals surface area (Å²) in [6.07, 6.45) is 1.20.